The Kier molecular flexibility index (Phi) is 8.30. The molecule has 0 saturated heterocycles. The molecule has 0 fully saturated rings. The second-order valence-corrected chi connectivity index (χ2v) is 10.8. The number of hydrogen-bond donors (Lipinski definition) is 0. The summed E-state index contributed by atoms with van der Waals surface area (Å²) in [5.74, 6) is 1.16. The van der Waals surface area contributed by atoms with Gasteiger partial charge >= 0.3 is 0 Å². The quantitative estimate of drug-likeness (QED) is 0.127. The highest BCUT2D eigenvalue weighted by Gasteiger charge is 2.30. The number of thioether (sulfide) groups is 1. The number of imidazole rings is 1. The number of nitrogens with zero attached hydrogens (tertiary/aromatic N) is 4. The molecule has 3 aromatic carbocycles. The number of rotatable bonds is 11. The summed E-state index contributed by atoms with van der Waals surface area (Å²) >= 11 is 1.47. The molecule has 0 aliphatic heterocycles. The predicted octanol–water partition coefficient (Wildman–Crippen LogP) is 6.85. The molecule has 0 spiro atoms. The van der Waals surface area contributed by atoms with Crippen LogP contribution in [-0.4, -0.2) is 45.9 Å². The Morgan fingerprint density at radius 1 is 0.878 bits per heavy atom. The lowest BCUT2D eigenvalue weighted by atomic mass is 9.81. The lowest BCUT2D eigenvalue weighted by Crippen LogP contribution is -2.23. The average molecular weight is 577 g/mol. The van der Waals surface area contributed by atoms with E-state index < -0.39 is 11.2 Å². The van der Waals surface area contributed by atoms with E-state index in [1.54, 1.807) is 61.6 Å². The molecule has 7 nitrogen and oxygen atoms in total. The molecule has 0 aliphatic rings. The third kappa shape index (κ3) is 5.92. The van der Waals surface area contributed by atoms with Crippen molar-refractivity contribution < 1.29 is 23.0 Å². The number of aromatic nitrogens is 4. The van der Waals surface area contributed by atoms with Gasteiger partial charge in [-0.3, -0.25) is 4.57 Å². The maximum Gasteiger partial charge on any atom is 0.172 e. The van der Waals surface area contributed by atoms with Gasteiger partial charge in [-0.1, -0.05) is 31.7 Å². The van der Waals surface area contributed by atoms with E-state index in [0.717, 1.165) is 16.9 Å². The predicted molar refractivity (Wildman–Crippen MR) is 155 cm³/mol. The smallest absolute Gasteiger partial charge is 0.172 e. The highest BCUT2D eigenvalue weighted by Crippen LogP contribution is 2.39. The molecule has 0 atom stereocenters. The van der Waals surface area contributed by atoms with Gasteiger partial charge < -0.3 is 14.2 Å². The van der Waals surface area contributed by atoms with Crippen molar-refractivity contribution in [3.05, 3.63) is 108 Å². The molecule has 0 N–H and O–H groups in total. The Morgan fingerprint density at radius 3 is 2.29 bits per heavy atom. The lowest BCUT2D eigenvalue weighted by Gasteiger charge is -2.28. The van der Waals surface area contributed by atoms with E-state index in [1.807, 2.05) is 29.0 Å². The van der Waals surface area contributed by atoms with Gasteiger partial charge in [0.15, 0.2) is 28.2 Å². The van der Waals surface area contributed by atoms with Crippen LogP contribution in [0.25, 0.3) is 11.4 Å². The van der Waals surface area contributed by atoms with E-state index >= 15 is 0 Å². The van der Waals surface area contributed by atoms with Crippen LogP contribution in [0.4, 0.5) is 8.78 Å². The van der Waals surface area contributed by atoms with Crippen molar-refractivity contribution in [1.29, 1.82) is 0 Å². The minimum Gasteiger partial charge on any atom is -0.493 e. The molecule has 0 radical (unpaired) electrons. The Balaban J connectivity index is 1.38. The van der Waals surface area contributed by atoms with Crippen LogP contribution in [0.2, 0.25) is 0 Å². The van der Waals surface area contributed by atoms with Crippen LogP contribution in [0.15, 0.2) is 90.5 Å². The van der Waals surface area contributed by atoms with E-state index in [4.69, 9.17) is 19.2 Å². The molecule has 0 saturated carbocycles. The van der Waals surface area contributed by atoms with E-state index in [2.05, 4.69) is 18.9 Å². The molecule has 2 heterocycles. The minimum absolute atomic E-state index is 0.165. The first-order valence-corrected chi connectivity index (χ1v) is 13.9. The maximum atomic E-state index is 14.7. The molecule has 5 aromatic rings. The Morgan fingerprint density at radius 2 is 1.61 bits per heavy atom. The largest absolute Gasteiger partial charge is 0.493 e. The molecule has 10 heteroatoms. The molecular formula is C31H30F2N4O3S. The van der Waals surface area contributed by atoms with Gasteiger partial charge in [-0.25, -0.2) is 18.4 Å². The summed E-state index contributed by atoms with van der Waals surface area (Å²) < 4.78 is 48.8. The monoisotopic (exact) mass is 576 g/mol. The summed E-state index contributed by atoms with van der Waals surface area (Å²) in [5, 5.41) is 4.83. The van der Waals surface area contributed by atoms with Crippen molar-refractivity contribution in [1.82, 2.24) is 19.3 Å². The van der Waals surface area contributed by atoms with Gasteiger partial charge in [0, 0.05) is 35.3 Å². The molecule has 5 rings (SSSR count). The van der Waals surface area contributed by atoms with Gasteiger partial charge in [0.1, 0.15) is 5.82 Å². The van der Waals surface area contributed by atoms with Crippen LogP contribution in [0.3, 0.4) is 0 Å². The van der Waals surface area contributed by atoms with Crippen LogP contribution in [0, 0.1) is 11.6 Å². The van der Waals surface area contributed by atoms with Gasteiger partial charge in [0.2, 0.25) is 0 Å². The highest BCUT2D eigenvalue weighted by molar-refractivity contribution is 7.99. The van der Waals surface area contributed by atoms with Gasteiger partial charge in [0.25, 0.3) is 0 Å². The number of ether oxygens (including phenoxy) is 3. The van der Waals surface area contributed by atoms with E-state index in [9.17, 15) is 8.78 Å². The summed E-state index contributed by atoms with van der Waals surface area (Å²) in [6, 6.07) is 18.6. The van der Waals surface area contributed by atoms with Gasteiger partial charge in [0.05, 0.1) is 38.4 Å². The molecule has 0 amide bonds. The second kappa shape index (κ2) is 12.1. The Bertz CT molecular complexity index is 1620. The molecule has 2 aromatic heterocycles. The zero-order valence-corrected chi connectivity index (χ0v) is 24.0. The summed E-state index contributed by atoms with van der Waals surface area (Å²) in [7, 11) is 3.21. The van der Waals surface area contributed by atoms with Crippen LogP contribution in [0.1, 0.15) is 25.1 Å². The van der Waals surface area contributed by atoms with Crippen LogP contribution in [0.5, 0.6) is 17.2 Å². The van der Waals surface area contributed by atoms with Gasteiger partial charge in [-0.2, -0.15) is 5.10 Å². The Labute approximate surface area is 241 Å². The Hall–Kier alpha value is -4.31. The van der Waals surface area contributed by atoms with Gasteiger partial charge in [-0.15, -0.1) is 0 Å². The van der Waals surface area contributed by atoms with Crippen molar-refractivity contribution in [2.45, 2.75) is 24.4 Å². The fourth-order valence-electron chi connectivity index (χ4n) is 4.55. The second-order valence-electron chi connectivity index (χ2n) is 9.69. The van der Waals surface area contributed by atoms with Crippen LogP contribution < -0.4 is 14.2 Å². The summed E-state index contributed by atoms with van der Waals surface area (Å²) in [4.78, 5) is 4.72. The first-order valence-electron chi connectivity index (χ1n) is 12.9. The van der Waals surface area contributed by atoms with Crippen molar-refractivity contribution in [3.63, 3.8) is 0 Å². The molecule has 0 aliphatic carbocycles. The van der Waals surface area contributed by atoms with Gasteiger partial charge in [-0.05, 0) is 60.2 Å². The third-order valence-corrected chi connectivity index (χ3v) is 7.73. The summed E-state index contributed by atoms with van der Waals surface area (Å²) in [6.45, 7) is 4.45. The minimum atomic E-state index is -0.504. The molecular weight excluding hydrogens is 546 g/mol. The van der Waals surface area contributed by atoms with E-state index in [-0.39, 0.29) is 18.2 Å². The SMILES string of the molecule is COc1ccc(C(C)(C)c2cnc(SCCOc3ccc(-n4cccn4)cc3F)n2-c2ccc(F)cc2)cc1OC. The molecule has 0 bridgehead atoms. The van der Waals surface area contributed by atoms with Crippen LogP contribution in [-0.2, 0) is 5.41 Å². The number of hydrogen-bond acceptors (Lipinski definition) is 6. The number of benzene rings is 3. The van der Waals surface area contributed by atoms with Crippen molar-refractivity contribution in [2.75, 3.05) is 26.6 Å². The number of halogens is 2. The van der Waals surface area contributed by atoms with Crippen molar-refractivity contribution >= 4 is 11.8 Å². The highest BCUT2D eigenvalue weighted by atomic mass is 32.2. The van der Waals surface area contributed by atoms with Crippen molar-refractivity contribution in [2.24, 2.45) is 0 Å². The molecule has 0 unspecified atom stereocenters. The zero-order valence-electron chi connectivity index (χ0n) is 23.2. The summed E-state index contributed by atoms with van der Waals surface area (Å²) in [6.07, 6.45) is 5.21. The number of methoxy groups -OCH3 is 2. The maximum absolute atomic E-state index is 14.7. The fourth-order valence-corrected chi connectivity index (χ4v) is 5.35. The van der Waals surface area contributed by atoms with E-state index in [1.165, 1.54) is 30.0 Å². The van der Waals surface area contributed by atoms with Crippen LogP contribution >= 0.6 is 11.8 Å². The average Bonchev–Trinajstić information content (AvgIpc) is 3.67. The standard InChI is InChI=1S/C31H30F2N4O3S/c1-31(2,21-6-12-27(38-3)28(18-21)39-4)29-20-34-30(37(29)23-9-7-22(32)8-10-23)41-17-16-40-26-13-11-24(19-25(26)33)36-15-5-14-35-36/h5-15,18-20H,16-17H2,1-4H3. The molecule has 212 valence electrons. The first-order chi connectivity index (χ1) is 19.8. The van der Waals surface area contributed by atoms with Crippen molar-refractivity contribution in [3.8, 4) is 28.6 Å². The fraction of sp³-hybridized carbons (Fsp3) is 0.226. The lowest BCUT2D eigenvalue weighted by molar-refractivity contribution is 0.324. The summed E-state index contributed by atoms with van der Waals surface area (Å²) in [5.41, 5.74) is 2.78. The zero-order chi connectivity index (χ0) is 29.0. The normalized spacial score (nSPS) is 11.5. The third-order valence-electron chi connectivity index (χ3n) is 6.82. The first kappa shape index (κ1) is 28.2. The van der Waals surface area contributed by atoms with E-state index in [0.29, 0.717) is 28.1 Å². The topological polar surface area (TPSA) is 63.3 Å². The molecule has 41 heavy (non-hydrogen) atoms.